The molecular formula is C13H11N7O5S2. The average Bonchev–Trinajstić information content (AvgIpc) is 3.12. The molecule has 0 radical (unpaired) electrons. The summed E-state index contributed by atoms with van der Waals surface area (Å²) in [6.45, 7) is 0. The van der Waals surface area contributed by atoms with Gasteiger partial charge in [0.25, 0.3) is 0 Å². The Kier molecular flexibility index (Phi) is 4.05. The number of aromatic carboxylic acids is 1. The highest BCUT2D eigenvalue weighted by Crippen LogP contribution is 2.44. The Morgan fingerprint density at radius 3 is 2.78 bits per heavy atom. The molecule has 0 aliphatic carbocycles. The Labute approximate surface area is 159 Å². The van der Waals surface area contributed by atoms with Crippen molar-refractivity contribution in [2.45, 2.75) is 16.7 Å². The highest BCUT2D eigenvalue weighted by atomic mass is 32.2. The molecule has 2 aromatic rings. The summed E-state index contributed by atoms with van der Waals surface area (Å²) in [5, 5.41) is 32.4. The van der Waals surface area contributed by atoms with Crippen molar-refractivity contribution < 1.29 is 24.6 Å². The zero-order chi connectivity index (χ0) is 19.5. The van der Waals surface area contributed by atoms with Gasteiger partial charge in [-0.3, -0.25) is 9.69 Å². The summed E-state index contributed by atoms with van der Waals surface area (Å²) in [6.07, 6.45) is 0. The lowest BCUT2D eigenvalue weighted by Crippen LogP contribution is -2.68. The second kappa shape index (κ2) is 6.17. The quantitative estimate of drug-likeness (QED) is 0.351. The standard InChI is InChI=1S/C13H11N7O5S2/c14-6-10(21)19-7(13(24)25)4(2-27-11(6)19)8(26)5-1-3(12(22)23)9-15-17-18-20(9)16-5/h1,6,8,11,26H,2,14H2,(H,22,23)(H,24,25). The number of aliphatic carboxylic acids is 1. The molecule has 0 spiro atoms. The van der Waals surface area contributed by atoms with E-state index in [4.69, 9.17) is 5.73 Å². The second-order valence-electron chi connectivity index (χ2n) is 5.80. The molecule has 27 heavy (non-hydrogen) atoms. The Hall–Kier alpha value is -2.71. The van der Waals surface area contributed by atoms with Crippen molar-refractivity contribution in [1.82, 2.24) is 30.2 Å². The van der Waals surface area contributed by atoms with Gasteiger partial charge in [0.15, 0.2) is 0 Å². The molecule has 4 N–H and O–H groups in total. The Morgan fingerprint density at radius 2 is 2.11 bits per heavy atom. The number of thiol groups is 1. The third-order valence-electron chi connectivity index (χ3n) is 4.28. The highest BCUT2D eigenvalue weighted by Gasteiger charge is 2.52. The number of β-lactam (4-membered cyclic amide) rings is 1. The fourth-order valence-corrected chi connectivity index (χ4v) is 4.78. The Morgan fingerprint density at radius 1 is 1.37 bits per heavy atom. The van der Waals surface area contributed by atoms with Gasteiger partial charge in [0.1, 0.15) is 22.7 Å². The first-order chi connectivity index (χ1) is 12.8. The summed E-state index contributed by atoms with van der Waals surface area (Å²) >= 11 is 5.76. The number of carboxylic acids is 2. The highest BCUT2D eigenvalue weighted by molar-refractivity contribution is 8.00. The van der Waals surface area contributed by atoms with E-state index in [2.05, 4.69) is 33.3 Å². The third kappa shape index (κ3) is 2.55. The van der Waals surface area contributed by atoms with Crippen LogP contribution in [0.4, 0.5) is 0 Å². The van der Waals surface area contributed by atoms with Crippen LogP contribution >= 0.6 is 24.4 Å². The molecule has 4 rings (SSSR count). The number of carbonyl (C=O) groups excluding carboxylic acids is 1. The van der Waals surface area contributed by atoms with Crippen molar-refractivity contribution in [3.63, 3.8) is 0 Å². The maximum atomic E-state index is 12.0. The lowest BCUT2D eigenvalue weighted by Gasteiger charge is -2.48. The largest absolute Gasteiger partial charge is 0.478 e. The van der Waals surface area contributed by atoms with Gasteiger partial charge >= 0.3 is 11.9 Å². The number of nitrogens with zero attached hydrogens (tertiary/aromatic N) is 6. The van der Waals surface area contributed by atoms with Gasteiger partial charge in [-0.15, -0.1) is 21.5 Å². The average molecular weight is 409 g/mol. The maximum absolute atomic E-state index is 12.0. The zero-order valence-corrected chi connectivity index (χ0v) is 15.0. The van der Waals surface area contributed by atoms with E-state index in [0.29, 0.717) is 5.57 Å². The number of aromatic nitrogens is 5. The van der Waals surface area contributed by atoms with Crippen LogP contribution in [0.3, 0.4) is 0 Å². The summed E-state index contributed by atoms with van der Waals surface area (Å²) < 4.78 is 0.937. The number of hydrogen-bond acceptors (Lipinski definition) is 10. The third-order valence-corrected chi connectivity index (χ3v) is 6.18. The molecule has 3 unspecified atom stereocenters. The molecule has 2 aliphatic heterocycles. The summed E-state index contributed by atoms with van der Waals surface area (Å²) in [6, 6.07) is 0.483. The van der Waals surface area contributed by atoms with Gasteiger partial charge < -0.3 is 15.9 Å². The number of fused-ring (bicyclic) bond motifs is 2. The van der Waals surface area contributed by atoms with Crippen LogP contribution in [0.1, 0.15) is 21.3 Å². The van der Waals surface area contributed by atoms with Crippen LogP contribution < -0.4 is 5.73 Å². The summed E-state index contributed by atoms with van der Waals surface area (Å²) in [5.74, 6) is -2.81. The summed E-state index contributed by atoms with van der Waals surface area (Å²) in [4.78, 5) is 36.5. The van der Waals surface area contributed by atoms with Crippen molar-refractivity contribution in [2.24, 2.45) is 5.73 Å². The van der Waals surface area contributed by atoms with Crippen LogP contribution in [0.15, 0.2) is 17.3 Å². The lowest BCUT2D eigenvalue weighted by molar-refractivity contribution is -0.148. The molecule has 4 heterocycles. The predicted molar refractivity (Wildman–Crippen MR) is 93.0 cm³/mol. The molecule has 2 aromatic heterocycles. The molecule has 1 fully saturated rings. The van der Waals surface area contributed by atoms with E-state index in [9.17, 15) is 24.6 Å². The van der Waals surface area contributed by atoms with E-state index in [1.165, 1.54) is 17.8 Å². The van der Waals surface area contributed by atoms with E-state index in [1.54, 1.807) is 0 Å². The molecule has 1 saturated heterocycles. The molecule has 2 aliphatic rings. The number of nitrogens with two attached hydrogens (primary N) is 1. The predicted octanol–water partition coefficient (Wildman–Crippen LogP) is -1.23. The van der Waals surface area contributed by atoms with Crippen LogP contribution in [-0.2, 0) is 9.59 Å². The van der Waals surface area contributed by atoms with Gasteiger partial charge in [-0.05, 0) is 22.1 Å². The van der Waals surface area contributed by atoms with E-state index in [0.717, 1.165) is 9.53 Å². The summed E-state index contributed by atoms with van der Waals surface area (Å²) in [7, 11) is 0. The molecule has 0 saturated carbocycles. The first-order valence-electron chi connectivity index (χ1n) is 7.48. The SMILES string of the molecule is NC1C(=O)N2C(C(=O)O)=C(C(S)c3cc(C(=O)O)c4nnnn4n3)CSC12. The number of tetrazole rings is 1. The number of carboxylic acid groups (broad SMARTS) is 2. The monoisotopic (exact) mass is 409 g/mol. The molecule has 0 bridgehead atoms. The van der Waals surface area contributed by atoms with Crippen molar-refractivity contribution in [3.05, 3.63) is 28.6 Å². The molecule has 1 amide bonds. The fraction of sp³-hybridized carbons (Fsp3) is 0.308. The van der Waals surface area contributed by atoms with E-state index >= 15 is 0 Å². The van der Waals surface area contributed by atoms with Crippen LogP contribution in [0.5, 0.6) is 0 Å². The number of rotatable bonds is 4. The first-order valence-corrected chi connectivity index (χ1v) is 9.05. The lowest BCUT2D eigenvalue weighted by atomic mass is 10.0. The smallest absolute Gasteiger partial charge is 0.352 e. The minimum atomic E-state index is -1.29. The van der Waals surface area contributed by atoms with Gasteiger partial charge in [-0.25, -0.2) is 9.59 Å². The normalized spacial score (nSPS) is 23.2. The van der Waals surface area contributed by atoms with Crippen molar-refractivity contribution in [1.29, 1.82) is 0 Å². The van der Waals surface area contributed by atoms with Crippen molar-refractivity contribution in [2.75, 3.05) is 5.75 Å². The minimum absolute atomic E-state index is 0.0544. The number of hydrogen-bond donors (Lipinski definition) is 4. The number of amides is 1. The molecule has 12 nitrogen and oxygen atoms in total. The van der Waals surface area contributed by atoms with Crippen molar-refractivity contribution in [3.8, 4) is 0 Å². The number of carbonyl (C=O) groups is 3. The van der Waals surface area contributed by atoms with E-state index in [-0.39, 0.29) is 28.4 Å². The van der Waals surface area contributed by atoms with Gasteiger partial charge in [-0.2, -0.15) is 17.7 Å². The van der Waals surface area contributed by atoms with Crippen LogP contribution in [-0.4, -0.2) is 75.4 Å². The Bertz CT molecular complexity index is 1040. The van der Waals surface area contributed by atoms with Crippen molar-refractivity contribution >= 4 is 47.9 Å². The van der Waals surface area contributed by atoms with Crippen LogP contribution in [0.2, 0.25) is 0 Å². The topological polar surface area (TPSA) is 177 Å². The van der Waals surface area contributed by atoms with Crippen LogP contribution in [0, 0.1) is 0 Å². The zero-order valence-electron chi connectivity index (χ0n) is 13.3. The van der Waals surface area contributed by atoms with E-state index < -0.39 is 34.5 Å². The molecule has 14 heteroatoms. The first kappa shape index (κ1) is 17.7. The second-order valence-corrected chi connectivity index (χ2v) is 7.42. The molecular weight excluding hydrogens is 398 g/mol. The van der Waals surface area contributed by atoms with Crippen LogP contribution in [0.25, 0.3) is 5.65 Å². The Balaban J connectivity index is 1.83. The minimum Gasteiger partial charge on any atom is -0.478 e. The van der Waals surface area contributed by atoms with E-state index in [1.807, 2.05) is 0 Å². The van der Waals surface area contributed by atoms with Gasteiger partial charge in [0.05, 0.1) is 10.9 Å². The van der Waals surface area contributed by atoms with Gasteiger partial charge in [0, 0.05) is 5.75 Å². The summed E-state index contributed by atoms with van der Waals surface area (Å²) in [5.41, 5.74) is 5.71. The molecule has 140 valence electrons. The maximum Gasteiger partial charge on any atom is 0.352 e. The van der Waals surface area contributed by atoms with Gasteiger partial charge in [0.2, 0.25) is 11.6 Å². The van der Waals surface area contributed by atoms with Gasteiger partial charge in [-0.1, -0.05) is 0 Å². The number of thioether (sulfide) groups is 1. The molecule has 0 aromatic carbocycles. The molecule has 3 atom stereocenters. The fourth-order valence-electron chi connectivity index (χ4n) is 2.98.